The van der Waals surface area contributed by atoms with Crippen LogP contribution >= 0.6 is 0 Å². The first-order valence-corrected chi connectivity index (χ1v) is 8.71. The lowest BCUT2D eigenvalue weighted by Crippen LogP contribution is -2.31. The average molecular weight is 369 g/mol. The Morgan fingerprint density at radius 3 is 2.96 bits per heavy atom. The summed E-state index contributed by atoms with van der Waals surface area (Å²) in [6.07, 6.45) is 5.18. The summed E-state index contributed by atoms with van der Waals surface area (Å²) in [6.45, 7) is 1.41. The Labute approximate surface area is 155 Å². The predicted octanol–water partition coefficient (Wildman–Crippen LogP) is 1.74. The van der Waals surface area contributed by atoms with Gasteiger partial charge in [-0.05, 0) is 37.1 Å². The van der Waals surface area contributed by atoms with E-state index in [1.165, 1.54) is 6.33 Å². The third-order valence-corrected chi connectivity index (χ3v) is 4.21. The fourth-order valence-electron chi connectivity index (χ4n) is 2.78. The summed E-state index contributed by atoms with van der Waals surface area (Å²) in [7, 11) is 0. The van der Waals surface area contributed by atoms with Crippen molar-refractivity contribution in [2.24, 2.45) is 0 Å². The van der Waals surface area contributed by atoms with Crippen LogP contribution in [-0.2, 0) is 11.3 Å². The Bertz CT molecular complexity index is 870. The highest BCUT2D eigenvalue weighted by Crippen LogP contribution is 2.16. The highest BCUT2D eigenvalue weighted by atomic mass is 16.5. The second-order valence-corrected chi connectivity index (χ2v) is 6.15. The molecule has 27 heavy (non-hydrogen) atoms. The van der Waals surface area contributed by atoms with E-state index < -0.39 is 0 Å². The number of aromatic nitrogens is 4. The molecular weight excluding hydrogens is 350 g/mol. The minimum absolute atomic E-state index is 0.0872. The van der Waals surface area contributed by atoms with Crippen molar-refractivity contribution in [3.05, 3.63) is 54.4 Å². The lowest BCUT2D eigenvalue weighted by molar-refractivity contribution is 0.0850. The quantitative estimate of drug-likeness (QED) is 0.676. The lowest BCUT2D eigenvalue weighted by atomic mass is 10.2. The van der Waals surface area contributed by atoms with E-state index in [-0.39, 0.29) is 24.3 Å². The van der Waals surface area contributed by atoms with Gasteiger partial charge in [-0.3, -0.25) is 4.79 Å². The summed E-state index contributed by atoms with van der Waals surface area (Å²) < 4.78 is 18.0. The standard InChI is InChI=1S/C18H19N5O4/c24-18(20-9-15-2-1-7-25-15)17-8-16(27-22-17)10-26-14-5-3-13(4-6-14)23-12-19-11-21-23/h3-6,8,11-12,15H,1-2,7,9-10H2,(H,20,24)/t15-/m1/s1. The van der Waals surface area contributed by atoms with Gasteiger partial charge in [-0.15, -0.1) is 0 Å². The van der Waals surface area contributed by atoms with Gasteiger partial charge in [0, 0.05) is 19.2 Å². The Balaban J connectivity index is 1.28. The maximum Gasteiger partial charge on any atom is 0.273 e. The normalized spacial score (nSPS) is 16.4. The van der Waals surface area contributed by atoms with Crippen molar-refractivity contribution in [3.8, 4) is 11.4 Å². The van der Waals surface area contributed by atoms with Gasteiger partial charge in [0.2, 0.25) is 0 Å². The van der Waals surface area contributed by atoms with Gasteiger partial charge in [0.05, 0.1) is 11.8 Å². The zero-order valence-corrected chi connectivity index (χ0v) is 14.6. The fourth-order valence-corrected chi connectivity index (χ4v) is 2.78. The molecule has 1 atom stereocenters. The summed E-state index contributed by atoms with van der Waals surface area (Å²) >= 11 is 0. The van der Waals surface area contributed by atoms with Crippen molar-refractivity contribution in [1.29, 1.82) is 0 Å². The van der Waals surface area contributed by atoms with Crippen molar-refractivity contribution in [2.45, 2.75) is 25.6 Å². The number of nitrogens with one attached hydrogen (secondary N) is 1. The van der Waals surface area contributed by atoms with Crippen LogP contribution in [0.3, 0.4) is 0 Å². The molecule has 0 unspecified atom stereocenters. The topological polar surface area (TPSA) is 104 Å². The maximum absolute atomic E-state index is 12.1. The molecule has 1 aromatic carbocycles. The Kier molecular flexibility index (Phi) is 5.10. The van der Waals surface area contributed by atoms with Crippen LogP contribution in [0.1, 0.15) is 29.1 Å². The van der Waals surface area contributed by atoms with Gasteiger partial charge in [-0.25, -0.2) is 9.67 Å². The zero-order chi connectivity index (χ0) is 18.5. The number of carbonyl (C=O) groups excluding carboxylic acids is 1. The lowest BCUT2D eigenvalue weighted by Gasteiger charge is -2.09. The third-order valence-electron chi connectivity index (χ3n) is 4.21. The van der Waals surface area contributed by atoms with Crippen LogP contribution in [0.25, 0.3) is 5.69 Å². The summed E-state index contributed by atoms with van der Waals surface area (Å²) in [6, 6.07) is 8.96. The molecule has 1 aliphatic rings. The van der Waals surface area contributed by atoms with Gasteiger partial charge in [0.15, 0.2) is 11.5 Å². The minimum atomic E-state index is -0.280. The summed E-state index contributed by atoms with van der Waals surface area (Å²) in [5.41, 5.74) is 1.11. The van der Waals surface area contributed by atoms with Gasteiger partial charge < -0.3 is 19.3 Å². The van der Waals surface area contributed by atoms with Crippen LogP contribution in [0.5, 0.6) is 5.75 Å². The van der Waals surface area contributed by atoms with E-state index in [0.29, 0.717) is 18.1 Å². The van der Waals surface area contributed by atoms with Crippen LogP contribution < -0.4 is 10.1 Å². The van der Waals surface area contributed by atoms with Gasteiger partial charge in [-0.1, -0.05) is 5.16 Å². The van der Waals surface area contributed by atoms with Gasteiger partial charge in [-0.2, -0.15) is 5.10 Å². The predicted molar refractivity (Wildman–Crippen MR) is 93.5 cm³/mol. The molecule has 140 valence electrons. The second-order valence-electron chi connectivity index (χ2n) is 6.15. The van der Waals surface area contributed by atoms with E-state index in [1.807, 2.05) is 24.3 Å². The summed E-state index contributed by atoms with van der Waals surface area (Å²) in [4.78, 5) is 16.0. The summed E-state index contributed by atoms with van der Waals surface area (Å²) in [5, 5.41) is 10.7. The largest absolute Gasteiger partial charge is 0.486 e. The molecule has 2 aromatic heterocycles. The first kappa shape index (κ1) is 17.2. The van der Waals surface area contributed by atoms with Crippen molar-refractivity contribution in [2.75, 3.05) is 13.2 Å². The molecule has 1 N–H and O–H groups in total. The average Bonchev–Trinajstić information content (AvgIpc) is 3.47. The molecule has 4 rings (SSSR count). The first-order chi connectivity index (χ1) is 13.3. The molecule has 0 bridgehead atoms. The number of nitrogens with zero attached hydrogens (tertiary/aromatic N) is 4. The molecule has 1 aliphatic heterocycles. The molecule has 3 aromatic rings. The maximum atomic E-state index is 12.1. The van der Waals surface area contributed by atoms with Crippen LogP contribution in [0.4, 0.5) is 0 Å². The molecule has 1 fully saturated rings. The molecule has 0 aliphatic carbocycles. The SMILES string of the molecule is O=C(NC[C@H]1CCCO1)c1cc(COc2ccc(-n3cncn3)cc2)on1. The second kappa shape index (κ2) is 8.00. The Hall–Kier alpha value is -3.20. The van der Waals surface area contributed by atoms with Crippen LogP contribution in [0.15, 0.2) is 47.5 Å². The number of ether oxygens (including phenoxy) is 2. The first-order valence-electron chi connectivity index (χ1n) is 8.71. The van der Waals surface area contributed by atoms with E-state index in [1.54, 1.807) is 17.1 Å². The van der Waals surface area contributed by atoms with E-state index in [2.05, 4.69) is 20.6 Å². The fraction of sp³-hybridized carbons (Fsp3) is 0.333. The molecule has 1 saturated heterocycles. The number of carbonyl (C=O) groups is 1. The number of rotatable bonds is 7. The van der Waals surface area contributed by atoms with E-state index >= 15 is 0 Å². The minimum Gasteiger partial charge on any atom is -0.486 e. The number of amides is 1. The van der Waals surface area contributed by atoms with Crippen molar-refractivity contribution >= 4 is 5.91 Å². The number of hydrogen-bond acceptors (Lipinski definition) is 7. The van der Waals surface area contributed by atoms with Crippen LogP contribution in [0.2, 0.25) is 0 Å². The zero-order valence-electron chi connectivity index (χ0n) is 14.6. The van der Waals surface area contributed by atoms with Crippen molar-refractivity contribution < 1.29 is 18.8 Å². The monoisotopic (exact) mass is 369 g/mol. The van der Waals surface area contributed by atoms with E-state index in [4.69, 9.17) is 14.0 Å². The van der Waals surface area contributed by atoms with E-state index in [0.717, 1.165) is 25.1 Å². The Morgan fingerprint density at radius 2 is 2.22 bits per heavy atom. The highest BCUT2D eigenvalue weighted by molar-refractivity contribution is 5.92. The van der Waals surface area contributed by atoms with Gasteiger partial charge in [0.1, 0.15) is 25.0 Å². The highest BCUT2D eigenvalue weighted by Gasteiger charge is 2.18. The van der Waals surface area contributed by atoms with Crippen LogP contribution in [-0.4, -0.2) is 45.1 Å². The third kappa shape index (κ3) is 4.32. The van der Waals surface area contributed by atoms with E-state index in [9.17, 15) is 4.79 Å². The Morgan fingerprint density at radius 1 is 1.33 bits per heavy atom. The van der Waals surface area contributed by atoms with Gasteiger partial charge >= 0.3 is 0 Å². The molecule has 1 amide bonds. The van der Waals surface area contributed by atoms with Crippen LogP contribution in [0, 0.1) is 0 Å². The molecule has 0 spiro atoms. The number of benzene rings is 1. The summed E-state index contributed by atoms with van der Waals surface area (Å²) in [5.74, 6) is 0.856. The number of hydrogen-bond donors (Lipinski definition) is 1. The molecule has 0 radical (unpaired) electrons. The van der Waals surface area contributed by atoms with Crippen molar-refractivity contribution in [1.82, 2.24) is 25.2 Å². The molecule has 9 nitrogen and oxygen atoms in total. The van der Waals surface area contributed by atoms with Gasteiger partial charge in [0.25, 0.3) is 5.91 Å². The molecule has 3 heterocycles. The molecule has 0 saturated carbocycles. The molecular formula is C18H19N5O4. The van der Waals surface area contributed by atoms with Crippen molar-refractivity contribution in [3.63, 3.8) is 0 Å². The molecule has 9 heteroatoms. The smallest absolute Gasteiger partial charge is 0.273 e.